The summed E-state index contributed by atoms with van der Waals surface area (Å²) in [5.41, 5.74) is 1.67. The smallest absolute Gasteiger partial charge is 0.192 e. The Morgan fingerprint density at radius 3 is 3.00 bits per heavy atom. The second-order valence-corrected chi connectivity index (χ2v) is 2.55. The topological polar surface area (TPSA) is 38.7 Å². The van der Waals surface area contributed by atoms with Crippen molar-refractivity contribution in [2.45, 2.75) is 13.3 Å². The van der Waals surface area contributed by atoms with Crippen LogP contribution in [0.25, 0.3) is 0 Å². The zero-order valence-electron chi connectivity index (χ0n) is 7.20. The van der Waals surface area contributed by atoms with Crippen LogP contribution in [0.4, 0.5) is 0 Å². The van der Waals surface area contributed by atoms with Gasteiger partial charge in [-0.05, 0) is 18.6 Å². The van der Waals surface area contributed by atoms with Gasteiger partial charge in [0, 0.05) is 11.8 Å². The van der Waals surface area contributed by atoms with Crippen molar-refractivity contribution < 1.29 is 9.53 Å². The average molecular weight is 165 g/mol. The van der Waals surface area contributed by atoms with E-state index in [9.17, 15) is 4.79 Å². The molecule has 1 aliphatic rings. The van der Waals surface area contributed by atoms with Crippen molar-refractivity contribution in [3.8, 4) is 0 Å². The summed E-state index contributed by atoms with van der Waals surface area (Å²) >= 11 is 0. The predicted molar refractivity (Wildman–Crippen MR) is 47.0 cm³/mol. The molecule has 0 aromatic rings. The van der Waals surface area contributed by atoms with E-state index in [0.717, 1.165) is 17.4 Å². The molecule has 0 spiro atoms. The molecule has 0 unspecified atom stereocenters. The first-order valence-corrected chi connectivity index (χ1v) is 3.70. The van der Waals surface area contributed by atoms with Gasteiger partial charge in [0.05, 0.1) is 13.5 Å². The molecule has 0 radical (unpaired) electrons. The summed E-state index contributed by atoms with van der Waals surface area (Å²) in [6.07, 6.45) is 4.78. The summed E-state index contributed by atoms with van der Waals surface area (Å²) < 4.78 is 4.96. The van der Waals surface area contributed by atoms with Crippen LogP contribution in [-0.4, -0.2) is 19.3 Å². The summed E-state index contributed by atoms with van der Waals surface area (Å²) in [6.45, 7) is 1.88. The third-order valence-electron chi connectivity index (χ3n) is 1.77. The highest BCUT2D eigenvalue weighted by Gasteiger charge is 2.07. The number of carbonyl (C=O) groups excluding carboxylic acids is 1. The van der Waals surface area contributed by atoms with Gasteiger partial charge in [-0.2, -0.15) is 0 Å². The van der Waals surface area contributed by atoms with Crippen LogP contribution < -0.4 is 0 Å². The Morgan fingerprint density at radius 2 is 2.42 bits per heavy atom. The van der Waals surface area contributed by atoms with Crippen molar-refractivity contribution in [2.24, 2.45) is 4.99 Å². The lowest BCUT2D eigenvalue weighted by molar-refractivity contribution is -0.105. The van der Waals surface area contributed by atoms with E-state index in [1.165, 1.54) is 0 Å². The van der Waals surface area contributed by atoms with Gasteiger partial charge in [-0.3, -0.25) is 4.79 Å². The van der Waals surface area contributed by atoms with E-state index in [1.54, 1.807) is 19.4 Å². The quantitative estimate of drug-likeness (QED) is 0.552. The monoisotopic (exact) mass is 165 g/mol. The highest BCUT2D eigenvalue weighted by atomic mass is 16.5. The molecule has 0 saturated carbocycles. The van der Waals surface area contributed by atoms with Crippen LogP contribution in [0, 0.1) is 0 Å². The number of rotatable bonds is 1. The van der Waals surface area contributed by atoms with Gasteiger partial charge in [-0.25, -0.2) is 4.99 Å². The minimum absolute atomic E-state index is 0.485. The summed E-state index contributed by atoms with van der Waals surface area (Å²) in [5, 5.41) is 0. The maximum absolute atomic E-state index is 10.6. The summed E-state index contributed by atoms with van der Waals surface area (Å²) in [7, 11) is 1.55. The van der Waals surface area contributed by atoms with Gasteiger partial charge in [-0.15, -0.1) is 0 Å². The van der Waals surface area contributed by atoms with E-state index in [4.69, 9.17) is 4.74 Å². The van der Waals surface area contributed by atoms with Gasteiger partial charge in [-0.1, -0.05) is 0 Å². The Kier molecular flexibility index (Phi) is 2.80. The Bertz CT molecular complexity index is 274. The fourth-order valence-electron chi connectivity index (χ4n) is 0.947. The lowest BCUT2D eigenvalue weighted by Crippen LogP contribution is -2.03. The Balaban J connectivity index is 2.92. The molecule has 0 aromatic heterocycles. The molecular weight excluding hydrogens is 154 g/mol. The number of ether oxygens (including phenoxy) is 1. The number of aldehydes is 1. The van der Waals surface area contributed by atoms with Gasteiger partial charge in [0.2, 0.25) is 0 Å². The third kappa shape index (κ3) is 1.81. The molecule has 0 atom stereocenters. The van der Waals surface area contributed by atoms with Gasteiger partial charge in [0.25, 0.3) is 0 Å². The van der Waals surface area contributed by atoms with Crippen LogP contribution in [-0.2, 0) is 9.53 Å². The summed E-state index contributed by atoms with van der Waals surface area (Å²) in [6, 6.07) is 0. The molecular formula is C9H11NO2. The number of allylic oxidation sites excluding steroid dienone is 2. The molecule has 64 valence electrons. The van der Waals surface area contributed by atoms with Crippen LogP contribution in [0.3, 0.4) is 0 Å². The number of methoxy groups -OCH3 is 1. The summed E-state index contributed by atoms with van der Waals surface area (Å²) in [4.78, 5) is 14.6. The molecule has 1 heterocycles. The van der Waals surface area contributed by atoms with E-state index in [2.05, 4.69) is 4.99 Å². The van der Waals surface area contributed by atoms with E-state index in [1.807, 2.05) is 6.92 Å². The average Bonchev–Trinajstić information content (AvgIpc) is 2.27. The van der Waals surface area contributed by atoms with Crippen molar-refractivity contribution in [3.63, 3.8) is 0 Å². The fourth-order valence-corrected chi connectivity index (χ4v) is 0.947. The second-order valence-electron chi connectivity index (χ2n) is 2.55. The van der Waals surface area contributed by atoms with Gasteiger partial charge in [0.15, 0.2) is 5.90 Å². The molecule has 0 N–H and O–H groups in total. The van der Waals surface area contributed by atoms with Gasteiger partial charge in [0.1, 0.15) is 6.29 Å². The molecule has 0 aliphatic carbocycles. The Morgan fingerprint density at radius 1 is 1.67 bits per heavy atom. The number of hydrogen-bond acceptors (Lipinski definition) is 3. The zero-order valence-corrected chi connectivity index (χ0v) is 7.20. The zero-order chi connectivity index (χ0) is 8.97. The molecule has 1 rings (SSSR count). The van der Waals surface area contributed by atoms with Crippen molar-refractivity contribution in [1.82, 2.24) is 0 Å². The fraction of sp³-hybridized carbons (Fsp3) is 0.333. The molecule has 0 saturated heterocycles. The van der Waals surface area contributed by atoms with Crippen molar-refractivity contribution >= 4 is 12.2 Å². The maximum Gasteiger partial charge on any atom is 0.192 e. The molecule has 0 bridgehead atoms. The first kappa shape index (κ1) is 8.71. The van der Waals surface area contributed by atoms with Crippen LogP contribution in [0.5, 0.6) is 0 Å². The summed E-state index contributed by atoms with van der Waals surface area (Å²) in [5.74, 6) is 0.574. The molecule has 12 heavy (non-hydrogen) atoms. The molecule has 0 fully saturated rings. The Labute approximate surface area is 71.4 Å². The van der Waals surface area contributed by atoms with E-state index in [0.29, 0.717) is 12.3 Å². The van der Waals surface area contributed by atoms with E-state index in [-0.39, 0.29) is 0 Å². The molecule has 3 heteroatoms. The highest BCUT2D eigenvalue weighted by Crippen LogP contribution is 2.12. The van der Waals surface area contributed by atoms with E-state index >= 15 is 0 Å². The lowest BCUT2D eigenvalue weighted by Gasteiger charge is -2.02. The van der Waals surface area contributed by atoms with Crippen molar-refractivity contribution in [2.75, 3.05) is 7.11 Å². The van der Waals surface area contributed by atoms with Crippen LogP contribution in [0.1, 0.15) is 13.3 Å². The molecule has 0 amide bonds. The molecule has 3 nitrogen and oxygen atoms in total. The molecule has 1 aliphatic heterocycles. The third-order valence-corrected chi connectivity index (χ3v) is 1.77. The van der Waals surface area contributed by atoms with Gasteiger partial charge >= 0.3 is 0 Å². The SMILES string of the molecule is COC1=NC=CC(C)=C(C=O)C1. The minimum Gasteiger partial charge on any atom is -0.484 e. The van der Waals surface area contributed by atoms with Crippen molar-refractivity contribution in [1.29, 1.82) is 0 Å². The number of nitrogens with zero attached hydrogens (tertiary/aromatic N) is 1. The number of aliphatic imine (C=N–C) groups is 1. The standard InChI is InChI=1S/C9H11NO2/c1-7-3-4-10-9(12-2)5-8(7)6-11/h3-4,6H,5H2,1-2H3. The number of carbonyl (C=O) groups is 1. The van der Waals surface area contributed by atoms with Gasteiger partial charge < -0.3 is 4.74 Å². The molecule has 0 aromatic carbocycles. The second kappa shape index (κ2) is 3.85. The first-order chi connectivity index (χ1) is 5.77. The maximum atomic E-state index is 10.6. The number of hydrogen-bond donors (Lipinski definition) is 0. The minimum atomic E-state index is 0.485. The largest absolute Gasteiger partial charge is 0.484 e. The predicted octanol–water partition coefficient (Wildman–Crippen LogP) is 1.46. The van der Waals surface area contributed by atoms with Crippen molar-refractivity contribution in [3.05, 3.63) is 23.4 Å². The van der Waals surface area contributed by atoms with Crippen LogP contribution in [0.15, 0.2) is 28.4 Å². The first-order valence-electron chi connectivity index (χ1n) is 3.70. The van der Waals surface area contributed by atoms with Crippen LogP contribution >= 0.6 is 0 Å². The highest BCUT2D eigenvalue weighted by molar-refractivity contribution is 5.89. The normalized spacial score (nSPS) is 17.0. The lowest BCUT2D eigenvalue weighted by atomic mass is 10.1. The van der Waals surface area contributed by atoms with E-state index < -0.39 is 0 Å². The Hall–Kier alpha value is -1.38. The van der Waals surface area contributed by atoms with Crippen LogP contribution in [0.2, 0.25) is 0 Å².